The van der Waals surface area contributed by atoms with E-state index in [4.69, 9.17) is 0 Å². The number of nitrogens with zero attached hydrogens (tertiary/aromatic N) is 6. The minimum atomic E-state index is -0.155. The van der Waals surface area contributed by atoms with E-state index < -0.39 is 0 Å². The molecule has 0 aliphatic heterocycles. The maximum absolute atomic E-state index is 12.9. The molecular formula is C22H29N7OS. The third kappa shape index (κ3) is 4.98. The van der Waals surface area contributed by atoms with Gasteiger partial charge in [-0.1, -0.05) is 49.0 Å². The number of amides is 1. The van der Waals surface area contributed by atoms with Gasteiger partial charge in [0.1, 0.15) is 5.82 Å². The van der Waals surface area contributed by atoms with Crippen LogP contribution in [0.1, 0.15) is 61.0 Å². The molecule has 9 heteroatoms. The van der Waals surface area contributed by atoms with Crippen LogP contribution in [0.15, 0.2) is 35.5 Å². The Hall–Kier alpha value is -2.68. The molecule has 1 aliphatic rings. The van der Waals surface area contributed by atoms with Gasteiger partial charge in [-0.05, 0) is 43.6 Å². The van der Waals surface area contributed by atoms with Gasteiger partial charge in [0.05, 0.1) is 11.4 Å². The number of benzene rings is 1. The summed E-state index contributed by atoms with van der Waals surface area (Å²) in [6, 6.07) is 9.87. The van der Waals surface area contributed by atoms with Crippen molar-refractivity contribution in [3.05, 3.63) is 47.5 Å². The number of aryl methyl sites for hydroxylation is 1. The Balaban J connectivity index is 1.38. The predicted molar refractivity (Wildman–Crippen MR) is 121 cm³/mol. The summed E-state index contributed by atoms with van der Waals surface area (Å²) in [6.07, 6.45) is 5.73. The van der Waals surface area contributed by atoms with Gasteiger partial charge in [-0.15, -0.1) is 15.3 Å². The van der Waals surface area contributed by atoms with Crippen molar-refractivity contribution in [1.82, 2.24) is 35.1 Å². The van der Waals surface area contributed by atoms with Crippen molar-refractivity contribution in [3.8, 4) is 5.69 Å². The summed E-state index contributed by atoms with van der Waals surface area (Å²) in [5, 5.41) is 21.1. The summed E-state index contributed by atoms with van der Waals surface area (Å²) in [6.45, 7) is 5.84. The minimum Gasteiger partial charge on any atom is -0.351 e. The molecule has 2 aromatic heterocycles. The van der Waals surface area contributed by atoms with Crippen LogP contribution < -0.4 is 5.32 Å². The molecule has 0 spiro atoms. The van der Waals surface area contributed by atoms with Gasteiger partial charge in [-0.2, -0.15) is 0 Å². The van der Waals surface area contributed by atoms with Gasteiger partial charge in [0.2, 0.25) is 0 Å². The first-order valence-corrected chi connectivity index (χ1v) is 12.1. The molecule has 0 radical (unpaired) electrons. The van der Waals surface area contributed by atoms with E-state index in [1.54, 1.807) is 11.8 Å². The van der Waals surface area contributed by atoms with Crippen LogP contribution in [0.5, 0.6) is 0 Å². The SMILES string of the molecule is CSc1nnc(CCCNC(=O)c2nnn(-c3ccccc3)c2C2CC2)n1CC(C)C. The summed E-state index contributed by atoms with van der Waals surface area (Å²) in [5.74, 6) is 1.70. The molecule has 1 aromatic carbocycles. The summed E-state index contributed by atoms with van der Waals surface area (Å²) < 4.78 is 4.00. The Bertz CT molecular complexity index is 1020. The number of nitrogens with one attached hydrogen (secondary N) is 1. The van der Waals surface area contributed by atoms with Crippen LogP contribution in [-0.4, -0.2) is 48.5 Å². The second kappa shape index (κ2) is 9.64. The first-order chi connectivity index (χ1) is 15.1. The van der Waals surface area contributed by atoms with Gasteiger partial charge < -0.3 is 9.88 Å². The number of carbonyl (C=O) groups is 1. The standard InChI is InChI=1S/C22H29N7OS/c1-15(2)14-28-18(24-26-22(28)31-3)10-7-13-23-21(30)19-20(16-11-12-16)29(27-25-19)17-8-5-4-6-9-17/h4-6,8-9,15-16H,7,10-14H2,1-3H3,(H,23,30). The highest BCUT2D eigenvalue weighted by Gasteiger charge is 2.34. The lowest BCUT2D eigenvalue weighted by molar-refractivity contribution is 0.0947. The third-order valence-corrected chi connectivity index (χ3v) is 5.94. The van der Waals surface area contributed by atoms with Gasteiger partial charge in [0.15, 0.2) is 10.9 Å². The number of hydrogen-bond acceptors (Lipinski definition) is 6. The van der Waals surface area contributed by atoms with Crippen molar-refractivity contribution in [3.63, 3.8) is 0 Å². The van der Waals surface area contributed by atoms with Crippen molar-refractivity contribution in [2.24, 2.45) is 5.92 Å². The van der Waals surface area contributed by atoms with Gasteiger partial charge >= 0.3 is 0 Å². The van der Waals surface area contributed by atoms with Gasteiger partial charge in [0.25, 0.3) is 5.91 Å². The average Bonchev–Trinajstić information content (AvgIpc) is 3.40. The summed E-state index contributed by atoms with van der Waals surface area (Å²) >= 11 is 1.61. The van der Waals surface area contributed by atoms with Crippen molar-refractivity contribution < 1.29 is 4.79 Å². The Labute approximate surface area is 186 Å². The van der Waals surface area contributed by atoms with Crippen molar-refractivity contribution in [2.75, 3.05) is 12.8 Å². The van der Waals surface area contributed by atoms with Crippen molar-refractivity contribution in [2.45, 2.75) is 57.1 Å². The summed E-state index contributed by atoms with van der Waals surface area (Å²) in [4.78, 5) is 12.9. The maximum Gasteiger partial charge on any atom is 0.273 e. The first kappa shape index (κ1) is 21.5. The highest BCUT2D eigenvalue weighted by atomic mass is 32.2. The molecule has 2 heterocycles. The zero-order valence-electron chi connectivity index (χ0n) is 18.3. The quantitative estimate of drug-likeness (QED) is 0.384. The van der Waals surface area contributed by atoms with Gasteiger partial charge in [0, 0.05) is 25.4 Å². The largest absolute Gasteiger partial charge is 0.351 e. The third-order valence-electron chi connectivity index (χ3n) is 5.27. The highest BCUT2D eigenvalue weighted by Crippen LogP contribution is 2.41. The number of rotatable bonds is 10. The molecule has 0 saturated heterocycles. The zero-order chi connectivity index (χ0) is 21.8. The van der Waals surface area contributed by atoms with Crippen molar-refractivity contribution in [1.29, 1.82) is 0 Å². The van der Waals surface area contributed by atoms with Crippen LogP contribution >= 0.6 is 11.8 Å². The minimum absolute atomic E-state index is 0.155. The van der Waals surface area contributed by atoms with Gasteiger partial charge in [-0.3, -0.25) is 4.79 Å². The molecule has 3 aromatic rings. The summed E-state index contributed by atoms with van der Waals surface area (Å²) in [5.41, 5.74) is 2.30. The molecular weight excluding hydrogens is 410 g/mol. The van der Waals surface area contributed by atoms with E-state index in [0.717, 1.165) is 54.6 Å². The topological polar surface area (TPSA) is 90.5 Å². The number of thioether (sulfide) groups is 1. The molecule has 0 bridgehead atoms. The van der Waals surface area contributed by atoms with E-state index in [0.29, 0.717) is 24.1 Å². The Morgan fingerprint density at radius 2 is 1.97 bits per heavy atom. The molecule has 1 aliphatic carbocycles. The van der Waals surface area contributed by atoms with E-state index in [-0.39, 0.29) is 5.91 Å². The molecule has 31 heavy (non-hydrogen) atoms. The predicted octanol–water partition coefficient (Wildman–Crippen LogP) is 3.48. The van der Waals surface area contributed by atoms with E-state index in [2.05, 4.69) is 44.2 Å². The van der Waals surface area contributed by atoms with E-state index in [9.17, 15) is 4.79 Å². The number of hydrogen-bond donors (Lipinski definition) is 1. The van der Waals surface area contributed by atoms with Crippen molar-refractivity contribution >= 4 is 17.7 Å². The molecule has 0 atom stereocenters. The second-order valence-electron chi connectivity index (χ2n) is 8.31. The molecule has 8 nitrogen and oxygen atoms in total. The molecule has 164 valence electrons. The molecule has 1 fully saturated rings. The number of carbonyl (C=O) groups excluding carboxylic acids is 1. The molecule has 1 saturated carbocycles. The van der Waals surface area contributed by atoms with E-state index >= 15 is 0 Å². The van der Waals surface area contributed by atoms with Crippen LogP contribution in [-0.2, 0) is 13.0 Å². The molecule has 1 N–H and O–H groups in total. The van der Waals surface area contributed by atoms with E-state index in [1.165, 1.54) is 0 Å². The Kier molecular flexibility index (Phi) is 6.70. The number of aromatic nitrogens is 6. The highest BCUT2D eigenvalue weighted by molar-refractivity contribution is 7.98. The Morgan fingerprint density at radius 3 is 2.65 bits per heavy atom. The lowest BCUT2D eigenvalue weighted by atomic mass is 10.2. The Morgan fingerprint density at radius 1 is 1.19 bits per heavy atom. The fraction of sp³-hybridized carbons (Fsp3) is 0.500. The maximum atomic E-state index is 12.9. The molecule has 0 unspecified atom stereocenters. The van der Waals surface area contributed by atoms with Crippen LogP contribution in [0, 0.1) is 5.92 Å². The lowest BCUT2D eigenvalue weighted by Gasteiger charge is -2.11. The monoisotopic (exact) mass is 439 g/mol. The second-order valence-corrected chi connectivity index (χ2v) is 9.09. The van der Waals surface area contributed by atoms with Crippen LogP contribution in [0.2, 0.25) is 0 Å². The van der Waals surface area contributed by atoms with Gasteiger partial charge in [-0.25, -0.2) is 4.68 Å². The first-order valence-electron chi connectivity index (χ1n) is 10.8. The molecule has 4 rings (SSSR count). The zero-order valence-corrected chi connectivity index (χ0v) is 19.1. The molecule has 1 amide bonds. The number of para-hydroxylation sites is 1. The van der Waals surface area contributed by atoms with Crippen LogP contribution in [0.3, 0.4) is 0 Å². The smallest absolute Gasteiger partial charge is 0.273 e. The summed E-state index contributed by atoms with van der Waals surface area (Å²) in [7, 11) is 0. The fourth-order valence-corrected chi connectivity index (χ4v) is 4.19. The van der Waals surface area contributed by atoms with E-state index in [1.807, 2.05) is 41.3 Å². The fourth-order valence-electron chi connectivity index (χ4n) is 3.67. The normalized spacial score (nSPS) is 13.7. The lowest BCUT2D eigenvalue weighted by Crippen LogP contribution is -2.26. The average molecular weight is 440 g/mol. The van der Waals surface area contributed by atoms with Crippen LogP contribution in [0.4, 0.5) is 0 Å². The van der Waals surface area contributed by atoms with Crippen LogP contribution in [0.25, 0.3) is 5.69 Å².